The SMILES string of the molecule is CC.CCCC(OC)OCC. The second kappa shape index (κ2) is 12.6. The topological polar surface area (TPSA) is 18.5 Å². The van der Waals surface area contributed by atoms with Gasteiger partial charge in [-0.2, -0.15) is 0 Å². The van der Waals surface area contributed by atoms with E-state index in [-0.39, 0.29) is 6.29 Å². The summed E-state index contributed by atoms with van der Waals surface area (Å²) in [5.74, 6) is 0. The maximum absolute atomic E-state index is 5.21. The first-order valence-electron chi connectivity index (χ1n) is 4.49. The van der Waals surface area contributed by atoms with E-state index in [0.29, 0.717) is 0 Å². The molecule has 0 aliphatic heterocycles. The van der Waals surface area contributed by atoms with Crippen LogP contribution < -0.4 is 0 Å². The molecule has 2 heteroatoms. The molecule has 0 aromatic rings. The molecule has 0 N–H and O–H groups in total. The molecule has 2 nitrogen and oxygen atoms in total. The van der Waals surface area contributed by atoms with Gasteiger partial charge in [0, 0.05) is 13.7 Å². The fraction of sp³-hybridized carbons (Fsp3) is 1.00. The Balaban J connectivity index is 0. The fourth-order valence-electron chi connectivity index (χ4n) is 0.691. The quantitative estimate of drug-likeness (QED) is 0.579. The van der Waals surface area contributed by atoms with Gasteiger partial charge in [-0.15, -0.1) is 0 Å². The highest BCUT2D eigenvalue weighted by Gasteiger charge is 2.02. The van der Waals surface area contributed by atoms with Crippen LogP contribution in [-0.2, 0) is 9.47 Å². The van der Waals surface area contributed by atoms with E-state index in [1.165, 1.54) is 0 Å². The Morgan fingerprint density at radius 2 is 1.73 bits per heavy atom. The molecule has 0 radical (unpaired) electrons. The van der Waals surface area contributed by atoms with Gasteiger partial charge in [-0.05, 0) is 13.3 Å². The van der Waals surface area contributed by atoms with Gasteiger partial charge in [-0.25, -0.2) is 0 Å². The molecule has 0 spiro atoms. The summed E-state index contributed by atoms with van der Waals surface area (Å²) in [6, 6.07) is 0. The normalized spacial score (nSPS) is 11.7. The van der Waals surface area contributed by atoms with Crippen molar-refractivity contribution < 1.29 is 9.47 Å². The molecule has 0 rings (SSSR count). The second-order valence-corrected chi connectivity index (χ2v) is 1.91. The van der Waals surface area contributed by atoms with E-state index < -0.39 is 0 Å². The monoisotopic (exact) mass is 162 g/mol. The summed E-state index contributed by atoms with van der Waals surface area (Å²) in [7, 11) is 1.68. The summed E-state index contributed by atoms with van der Waals surface area (Å²) in [5, 5.41) is 0. The van der Waals surface area contributed by atoms with Gasteiger partial charge in [0.15, 0.2) is 6.29 Å². The van der Waals surface area contributed by atoms with Crippen LogP contribution in [0.1, 0.15) is 40.5 Å². The average Bonchev–Trinajstić information content (AvgIpc) is 2.08. The minimum absolute atomic E-state index is 0.0139. The summed E-state index contributed by atoms with van der Waals surface area (Å²) in [4.78, 5) is 0. The minimum Gasteiger partial charge on any atom is -0.356 e. The number of hydrogen-bond acceptors (Lipinski definition) is 2. The number of ether oxygens (including phenoxy) is 2. The van der Waals surface area contributed by atoms with Crippen molar-refractivity contribution >= 4 is 0 Å². The molecule has 0 aromatic heterocycles. The Kier molecular flexibility index (Phi) is 15.4. The number of hydrogen-bond donors (Lipinski definition) is 0. The van der Waals surface area contributed by atoms with Gasteiger partial charge in [0.2, 0.25) is 0 Å². The lowest BCUT2D eigenvalue weighted by atomic mass is 10.3. The summed E-state index contributed by atoms with van der Waals surface area (Å²) < 4.78 is 10.2. The van der Waals surface area contributed by atoms with Crippen LogP contribution in [0, 0.1) is 0 Å². The van der Waals surface area contributed by atoms with Gasteiger partial charge >= 0.3 is 0 Å². The van der Waals surface area contributed by atoms with E-state index in [4.69, 9.17) is 9.47 Å². The fourth-order valence-corrected chi connectivity index (χ4v) is 0.691. The Bertz CT molecular complexity index is 49.5. The highest BCUT2D eigenvalue weighted by Crippen LogP contribution is 2.01. The van der Waals surface area contributed by atoms with E-state index in [9.17, 15) is 0 Å². The first-order chi connectivity index (χ1) is 5.35. The van der Waals surface area contributed by atoms with Gasteiger partial charge in [-0.1, -0.05) is 27.2 Å². The van der Waals surface area contributed by atoms with Crippen LogP contribution in [0.5, 0.6) is 0 Å². The van der Waals surface area contributed by atoms with Crippen LogP contribution in [0.2, 0.25) is 0 Å². The third-order valence-corrected chi connectivity index (χ3v) is 1.14. The van der Waals surface area contributed by atoms with E-state index in [2.05, 4.69) is 6.92 Å². The van der Waals surface area contributed by atoms with Gasteiger partial charge in [0.1, 0.15) is 0 Å². The van der Waals surface area contributed by atoms with E-state index in [1.54, 1.807) is 7.11 Å². The van der Waals surface area contributed by atoms with Crippen molar-refractivity contribution in [2.75, 3.05) is 13.7 Å². The Labute approximate surface area is 70.9 Å². The maximum atomic E-state index is 5.21. The average molecular weight is 162 g/mol. The van der Waals surface area contributed by atoms with Crippen LogP contribution in [-0.4, -0.2) is 20.0 Å². The number of methoxy groups -OCH3 is 1. The molecule has 0 bridgehead atoms. The zero-order valence-electron chi connectivity index (χ0n) is 8.52. The van der Waals surface area contributed by atoms with Gasteiger partial charge in [-0.3, -0.25) is 0 Å². The van der Waals surface area contributed by atoms with Crippen molar-refractivity contribution in [3.63, 3.8) is 0 Å². The van der Waals surface area contributed by atoms with Crippen LogP contribution in [0.15, 0.2) is 0 Å². The molecule has 11 heavy (non-hydrogen) atoms. The molecule has 0 amide bonds. The molecular weight excluding hydrogens is 140 g/mol. The molecule has 0 heterocycles. The van der Waals surface area contributed by atoms with Gasteiger partial charge in [0.05, 0.1) is 0 Å². The Hall–Kier alpha value is -0.0800. The summed E-state index contributed by atoms with van der Waals surface area (Å²) in [6.07, 6.45) is 2.11. The summed E-state index contributed by atoms with van der Waals surface area (Å²) in [5.41, 5.74) is 0. The van der Waals surface area contributed by atoms with Crippen molar-refractivity contribution in [2.24, 2.45) is 0 Å². The molecule has 1 atom stereocenters. The van der Waals surface area contributed by atoms with E-state index in [1.807, 2.05) is 20.8 Å². The lowest BCUT2D eigenvalue weighted by Crippen LogP contribution is -2.14. The Morgan fingerprint density at radius 3 is 2.00 bits per heavy atom. The molecule has 0 aliphatic carbocycles. The van der Waals surface area contributed by atoms with Crippen molar-refractivity contribution in [1.82, 2.24) is 0 Å². The number of rotatable bonds is 5. The highest BCUT2D eigenvalue weighted by molar-refractivity contribution is 4.39. The minimum atomic E-state index is 0.0139. The summed E-state index contributed by atoms with van der Waals surface area (Å²) >= 11 is 0. The largest absolute Gasteiger partial charge is 0.356 e. The molecule has 0 fully saturated rings. The predicted molar refractivity (Wildman–Crippen MR) is 48.7 cm³/mol. The highest BCUT2D eigenvalue weighted by atomic mass is 16.7. The first-order valence-corrected chi connectivity index (χ1v) is 4.49. The van der Waals surface area contributed by atoms with Crippen molar-refractivity contribution in [1.29, 1.82) is 0 Å². The smallest absolute Gasteiger partial charge is 0.157 e. The molecular formula is C9H22O2. The van der Waals surface area contributed by atoms with E-state index >= 15 is 0 Å². The molecule has 0 saturated carbocycles. The molecule has 1 unspecified atom stereocenters. The zero-order chi connectivity index (χ0) is 9.11. The van der Waals surface area contributed by atoms with Crippen molar-refractivity contribution in [3.05, 3.63) is 0 Å². The third-order valence-electron chi connectivity index (χ3n) is 1.14. The maximum Gasteiger partial charge on any atom is 0.157 e. The second-order valence-electron chi connectivity index (χ2n) is 1.91. The standard InChI is InChI=1S/C7H16O2.C2H6/c1-4-6-7(8-3)9-5-2;1-2/h7H,4-6H2,1-3H3;1-2H3. The van der Waals surface area contributed by atoms with Crippen LogP contribution in [0.3, 0.4) is 0 Å². The van der Waals surface area contributed by atoms with Gasteiger partial charge < -0.3 is 9.47 Å². The first kappa shape index (κ1) is 13.5. The van der Waals surface area contributed by atoms with Crippen LogP contribution >= 0.6 is 0 Å². The molecule has 0 aliphatic rings. The molecule has 0 saturated heterocycles. The predicted octanol–water partition coefficient (Wildman–Crippen LogP) is 2.82. The third kappa shape index (κ3) is 9.92. The lowest BCUT2D eigenvalue weighted by molar-refractivity contribution is -0.123. The summed E-state index contributed by atoms with van der Waals surface area (Å²) in [6.45, 7) is 8.82. The van der Waals surface area contributed by atoms with Crippen molar-refractivity contribution in [2.45, 2.75) is 46.8 Å². The van der Waals surface area contributed by atoms with Gasteiger partial charge in [0.25, 0.3) is 0 Å². The van der Waals surface area contributed by atoms with Crippen molar-refractivity contribution in [3.8, 4) is 0 Å². The van der Waals surface area contributed by atoms with E-state index in [0.717, 1.165) is 19.4 Å². The van der Waals surface area contributed by atoms with Crippen LogP contribution in [0.25, 0.3) is 0 Å². The molecule has 0 aromatic carbocycles. The van der Waals surface area contributed by atoms with Crippen LogP contribution in [0.4, 0.5) is 0 Å². The molecule has 70 valence electrons. The lowest BCUT2D eigenvalue weighted by Gasteiger charge is -2.12. The Morgan fingerprint density at radius 1 is 1.18 bits per heavy atom. The zero-order valence-corrected chi connectivity index (χ0v) is 8.52.